The van der Waals surface area contributed by atoms with Crippen LogP contribution in [0.25, 0.3) is 111 Å². The number of para-hydroxylation sites is 5. The molecule has 266 valence electrons. The molecule has 6 heteroatoms. The molecule has 0 radical (unpaired) electrons. The van der Waals surface area contributed by atoms with E-state index in [2.05, 4.69) is 0 Å². The first kappa shape index (κ1) is 26.1. The van der Waals surface area contributed by atoms with Crippen molar-refractivity contribution in [2.24, 2.45) is 0 Å². The predicted octanol–water partition coefficient (Wildman–Crippen LogP) is 13.0. The maximum absolute atomic E-state index is 9.63. The van der Waals surface area contributed by atoms with Crippen LogP contribution in [-0.4, -0.2) is 24.1 Å². The van der Waals surface area contributed by atoms with Crippen LogP contribution in [0, 0.1) is 0 Å². The molecule has 6 nitrogen and oxygen atoms in total. The van der Waals surface area contributed by atoms with Crippen molar-refractivity contribution in [2.75, 3.05) is 0 Å². The highest BCUT2D eigenvalue weighted by Gasteiger charge is 2.24. The quantitative estimate of drug-likeness (QED) is 0.177. The zero-order chi connectivity index (χ0) is 42.7. The lowest BCUT2D eigenvalue weighted by molar-refractivity contribution is 0.667. The van der Waals surface area contributed by atoms with Crippen LogP contribution in [0.5, 0.6) is 0 Å². The second-order valence-corrected chi connectivity index (χ2v) is 13.9. The van der Waals surface area contributed by atoms with Crippen molar-refractivity contribution in [3.05, 3.63) is 188 Å². The Morgan fingerprint density at radius 3 is 1.56 bits per heavy atom. The smallest absolute Gasteiger partial charge is 0.167 e. The molecule has 0 aliphatic rings. The number of benzene rings is 8. The number of rotatable bonds is 5. The summed E-state index contributed by atoms with van der Waals surface area (Å²) >= 11 is 0. The van der Waals surface area contributed by atoms with Gasteiger partial charge in [-0.3, -0.25) is 0 Å². The van der Waals surface area contributed by atoms with Gasteiger partial charge < -0.3 is 13.6 Å². The van der Waals surface area contributed by atoms with Crippen LogP contribution in [0.3, 0.4) is 0 Å². The van der Waals surface area contributed by atoms with E-state index in [0.29, 0.717) is 83.5 Å². The predicted molar refractivity (Wildman–Crippen MR) is 232 cm³/mol. The van der Waals surface area contributed by atoms with Crippen molar-refractivity contribution in [3.63, 3.8) is 0 Å². The third-order valence-corrected chi connectivity index (χ3v) is 10.7. The SMILES string of the molecule is [2H]c1cc([2H])c2c(c1)c1c([2H])c([2H])c3c4cc([2H])cc([2H])c4n(-c4cccc5c4oc4c(-c6nc(-c7ccccc7)nc(-c7ccccc7)n6)cccc45)c3c1n2-c1ccccc1. The van der Waals surface area contributed by atoms with Crippen LogP contribution in [-0.2, 0) is 0 Å². The van der Waals surface area contributed by atoms with E-state index in [1.165, 1.54) is 12.1 Å². The lowest BCUT2D eigenvalue weighted by atomic mass is 10.1. The minimum Gasteiger partial charge on any atom is -0.453 e. The molecular weight excluding hydrogens is 699 g/mol. The first-order valence-electron chi connectivity index (χ1n) is 21.6. The largest absolute Gasteiger partial charge is 0.453 e. The molecule has 0 saturated carbocycles. The van der Waals surface area contributed by atoms with E-state index < -0.39 is 0 Å². The lowest BCUT2D eigenvalue weighted by Gasteiger charge is -2.12. The third kappa shape index (κ3) is 4.74. The average molecular weight is 736 g/mol. The summed E-state index contributed by atoms with van der Waals surface area (Å²) in [5.41, 5.74) is 6.64. The van der Waals surface area contributed by atoms with Crippen LogP contribution in [0.15, 0.2) is 192 Å². The first-order chi connectivity index (χ1) is 30.7. The molecule has 0 N–H and O–H groups in total. The zero-order valence-electron chi connectivity index (χ0n) is 36.1. The first-order valence-corrected chi connectivity index (χ1v) is 18.6. The number of aromatic nitrogens is 5. The Balaban J connectivity index is 1.22. The maximum atomic E-state index is 9.63. The Morgan fingerprint density at radius 2 is 0.930 bits per heavy atom. The Morgan fingerprint density at radius 1 is 0.404 bits per heavy atom. The van der Waals surface area contributed by atoms with E-state index >= 15 is 0 Å². The van der Waals surface area contributed by atoms with E-state index in [1.54, 1.807) is 12.1 Å². The highest BCUT2D eigenvalue weighted by atomic mass is 16.3. The number of hydrogen-bond donors (Lipinski definition) is 0. The molecule has 0 spiro atoms. The fourth-order valence-corrected chi connectivity index (χ4v) is 8.21. The Kier molecular flexibility index (Phi) is 5.64. The van der Waals surface area contributed by atoms with Crippen molar-refractivity contribution >= 4 is 65.6 Å². The van der Waals surface area contributed by atoms with Gasteiger partial charge in [-0.25, -0.2) is 15.0 Å². The van der Waals surface area contributed by atoms with E-state index in [4.69, 9.17) is 22.1 Å². The molecule has 57 heavy (non-hydrogen) atoms. The summed E-state index contributed by atoms with van der Waals surface area (Å²) < 4.78 is 66.1. The van der Waals surface area contributed by atoms with Gasteiger partial charge in [0.25, 0.3) is 0 Å². The second kappa shape index (κ2) is 12.3. The van der Waals surface area contributed by atoms with E-state index in [9.17, 15) is 5.48 Å². The van der Waals surface area contributed by atoms with E-state index in [0.717, 1.165) is 27.6 Å². The molecule has 0 fully saturated rings. The van der Waals surface area contributed by atoms with Gasteiger partial charge in [0.1, 0.15) is 5.58 Å². The lowest BCUT2D eigenvalue weighted by Crippen LogP contribution is -2.00. The molecule has 8 aromatic carbocycles. The van der Waals surface area contributed by atoms with Gasteiger partial charge in [-0.15, -0.1) is 0 Å². The van der Waals surface area contributed by atoms with Crippen LogP contribution in [0.1, 0.15) is 8.22 Å². The summed E-state index contributed by atoms with van der Waals surface area (Å²) in [6.07, 6.45) is 0. The van der Waals surface area contributed by atoms with Crippen LogP contribution in [0.4, 0.5) is 0 Å². The molecule has 4 heterocycles. The molecule has 0 amide bonds. The molecule has 0 atom stereocenters. The van der Waals surface area contributed by atoms with Crippen molar-refractivity contribution < 1.29 is 12.6 Å². The second-order valence-electron chi connectivity index (χ2n) is 13.9. The fraction of sp³-hybridized carbons (Fsp3) is 0. The topological polar surface area (TPSA) is 61.7 Å². The number of nitrogens with zero attached hydrogens (tertiary/aromatic N) is 5. The van der Waals surface area contributed by atoms with Crippen molar-refractivity contribution in [1.29, 1.82) is 0 Å². The Bertz CT molecular complexity index is 3810. The minimum atomic E-state index is -0.0855. The van der Waals surface area contributed by atoms with Gasteiger partial charge in [0.15, 0.2) is 23.1 Å². The molecule has 12 aromatic rings. The van der Waals surface area contributed by atoms with Gasteiger partial charge in [0.2, 0.25) is 0 Å². The van der Waals surface area contributed by atoms with Crippen molar-refractivity contribution in [2.45, 2.75) is 0 Å². The highest BCUT2D eigenvalue weighted by molar-refractivity contribution is 6.24. The summed E-state index contributed by atoms with van der Waals surface area (Å²) in [4.78, 5) is 14.9. The minimum absolute atomic E-state index is 0.0608. The summed E-state index contributed by atoms with van der Waals surface area (Å²) in [5, 5.41) is 3.38. The number of furan rings is 1. The van der Waals surface area contributed by atoms with Gasteiger partial charge in [0, 0.05) is 49.1 Å². The maximum Gasteiger partial charge on any atom is 0.167 e. The fourth-order valence-electron chi connectivity index (χ4n) is 8.21. The number of fused-ring (bicyclic) bond motifs is 10. The molecule has 0 aliphatic carbocycles. The summed E-state index contributed by atoms with van der Waals surface area (Å²) in [6.45, 7) is 0. The molecule has 4 aromatic heterocycles. The summed E-state index contributed by atoms with van der Waals surface area (Å²) in [7, 11) is 0. The summed E-state index contributed by atoms with van der Waals surface area (Å²) in [6, 6.07) is 47.3. The van der Waals surface area contributed by atoms with Gasteiger partial charge in [-0.05, 0) is 36.4 Å². The normalized spacial score (nSPS) is 13.3. The number of hydrogen-bond acceptors (Lipinski definition) is 4. The van der Waals surface area contributed by atoms with Crippen LogP contribution < -0.4 is 0 Å². The van der Waals surface area contributed by atoms with Crippen LogP contribution in [0.2, 0.25) is 0 Å². The monoisotopic (exact) mass is 735 g/mol. The van der Waals surface area contributed by atoms with E-state index in [1.807, 2.05) is 137 Å². The van der Waals surface area contributed by atoms with Gasteiger partial charge >= 0.3 is 0 Å². The Hall–Kier alpha value is -7.83. The molecule has 12 rings (SSSR count). The molecule has 0 aliphatic heterocycles. The van der Waals surface area contributed by atoms with Gasteiger partial charge in [0.05, 0.1) is 41.5 Å². The van der Waals surface area contributed by atoms with Crippen molar-refractivity contribution in [3.8, 4) is 45.5 Å². The standard InChI is InChI=1S/C51H31N5O/c1-4-16-32(17-5-1)49-52-50(33-18-6-2-7-19-33)54-51(53-49)41-26-14-24-39-40-25-15-29-44(48(40)57-47(39)41)56-43-28-13-11-23-36(43)38-31-30-37-35-22-10-12-27-42(35)55(45(37)46(38)56)34-20-8-3-9-21-34/h1-31H/i10D,11D,27D,28D,30D,31D. The van der Waals surface area contributed by atoms with Gasteiger partial charge in [-0.2, -0.15) is 0 Å². The molecular formula is C51H31N5O. The Labute approximate surface area is 335 Å². The third-order valence-electron chi connectivity index (χ3n) is 10.7. The molecule has 0 bridgehead atoms. The van der Waals surface area contributed by atoms with Crippen molar-refractivity contribution in [1.82, 2.24) is 24.1 Å². The highest BCUT2D eigenvalue weighted by Crippen LogP contribution is 2.44. The zero-order valence-corrected chi connectivity index (χ0v) is 30.1. The summed E-state index contributed by atoms with van der Waals surface area (Å²) in [5.74, 6) is 1.46. The van der Waals surface area contributed by atoms with Crippen LogP contribution >= 0.6 is 0 Å². The average Bonchev–Trinajstić information content (AvgIpc) is 3.97. The molecule has 0 saturated heterocycles. The molecule has 0 unspecified atom stereocenters. The van der Waals surface area contributed by atoms with Gasteiger partial charge in [-0.1, -0.05) is 152 Å². The van der Waals surface area contributed by atoms with E-state index in [-0.39, 0.29) is 36.3 Å².